The van der Waals surface area contributed by atoms with Gasteiger partial charge in [-0.2, -0.15) is 0 Å². The van der Waals surface area contributed by atoms with E-state index in [0.29, 0.717) is 0 Å². The van der Waals surface area contributed by atoms with Crippen molar-refractivity contribution in [1.29, 1.82) is 0 Å². The number of thiophene rings is 1. The zero-order valence-electron chi connectivity index (χ0n) is 30.8. The van der Waals surface area contributed by atoms with Crippen molar-refractivity contribution in [1.82, 2.24) is 14.5 Å². The molecule has 0 saturated carbocycles. The van der Waals surface area contributed by atoms with Crippen molar-refractivity contribution < 1.29 is 0 Å². The van der Waals surface area contributed by atoms with E-state index in [1.165, 1.54) is 65.3 Å². The van der Waals surface area contributed by atoms with Gasteiger partial charge in [0.05, 0.1) is 0 Å². The third-order valence-corrected chi connectivity index (χ3v) is 22.9. The molecule has 266 valence electrons. The average molecular weight is 805 g/mol. The van der Waals surface area contributed by atoms with Crippen LogP contribution in [0.4, 0.5) is 0 Å². The molecule has 0 fully saturated rings. The van der Waals surface area contributed by atoms with Gasteiger partial charge in [-0.3, -0.25) is 0 Å². The van der Waals surface area contributed by atoms with E-state index in [-0.39, 0.29) is 0 Å². The number of hydrogen-bond acceptors (Lipinski definition) is 3. The number of fused-ring (bicyclic) bond motifs is 10. The Balaban J connectivity index is 1.12. The monoisotopic (exact) mass is 805 g/mol. The third-order valence-electron chi connectivity index (χ3n) is 11.9. The quantitative estimate of drug-likeness (QED) is 0.162. The van der Waals surface area contributed by atoms with E-state index in [1.807, 2.05) is 11.3 Å². The predicted molar refractivity (Wildman–Crippen MR) is 243 cm³/mol. The zero-order valence-corrected chi connectivity index (χ0v) is 33.7. The van der Waals surface area contributed by atoms with Gasteiger partial charge in [0.2, 0.25) is 0 Å². The van der Waals surface area contributed by atoms with Gasteiger partial charge < -0.3 is 0 Å². The predicted octanol–water partition coefficient (Wildman–Crippen LogP) is 10.6. The standard InChI is InChI=1S/C52H33GeN3S/c1-4-16-35(17-5-1)52-54-50(49-39-22-10-13-25-42(39)53(51(49)55-52,36-18-6-2-7-19-36)37-20-8-3-9-21-37)34-28-30-38(31-29-34)56-43-26-14-11-23-40(43)47-44(56)32-33-46-48(47)41-24-12-15-27-45(41)57-46/h1-33H. The number of benzene rings is 8. The van der Waals surface area contributed by atoms with Gasteiger partial charge >= 0.3 is 298 Å². The van der Waals surface area contributed by atoms with Crippen LogP contribution in [-0.4, -0.2) is 27.8 Å². The van der Waals surface area contributed by atoms with Crippen LogP contribution >= 0.6 is 11.3 Å². The van der Waals surface area contributed by atoms with Crippen LogP contribution in [0, 0.1) is 0 Å². The molecule has 8 aromatic carbocycles. The number of rotatable bonds is 5. The molecule has 0 saturated heterocycles. The number of para-hydroxylation sites is 1. The number of hydrogen-bond donors (Lipinski definition) is 0. The van der Waals surface area contributed by atoms with Gasteiger partial charge in [-0.05, 0) is 6.07 Å². The van der Waals surface area contributed by atoms with Crippen LogP contribution in [0.15, 0.2) is 200 Å². The van der Waals surface area contributed by atoms with Crippen molar-refractivity contribution in [2.75, 3.05) is 0 Å². The van der Waals surface area contributed by atoms with Gasteiger partial charge in [0.1, 0.15) is 0 Å². The molecule has 3 nitrogen and oxygen atoms in total. The molecule has 0 radical (unpaired) electrons. The molecule has 1 aliphatic heterocycles. The molecular weight excluding hydrogens is 771 g/mol. The van der Waals surface area contributed by atoms with Crippen LogP contribution in [0.5, 0.6) is 0 Å². The Morgan fingerprint density at radius 2 is 1.07 bits per heavy atom. The van der Waals surface area contributed by atoms with Crippen LogP contribution in [0.2, 0.25) is 0 Å². The molecular formula is C52H33GeN3S. The molecule has 12 rings (SSSR count). The van der Waals surface area contributed by atoms with E-state index in [4.69, 9.17) is 9.97 Å². The molecule has 3 aromatic heterocycles. The first-order valence-electron chi connectivity index (χ1n) is 19.4. The van der Waals surface area contributed by atoms with E-state index >= 15 is 0 Å². The first-order valence-corrected chi connectivity index (χ1v) is 24.4. The Kier molecular flexibility index (Phi) is 7.28. The van der Waals surface area contributed by atoms with Gasteiger partial charge in [0, 0.05) is 4.70 Å². The first kappa shape index (κ1) is 32.6. The molecule has 0 N–H and O–H groups in total. The van der Waals surface area contributed by atoms with Gasteiger partial charge in [-0.25, -0.2) is 0 Å². The Morgan fingerprint density at radius 3 is 1.82 bits per heavy atom. The van der Waals surface area contributed by atoms with Crippen molar-refractivity contribution in [3.63, 3.8) is 0 Å². The summed E-state index contributed by atoms with van der Waals surface area (Å²) in [6, 6.07) is 73.2. The molecule has 11 aromatic rings. The summed E-state index contributed by atoms with van der Waals surface area (Å²) in [5.41, 5.74) is 9.02. The molecule has 0 unspecified atom stereocenters. The maximum atomic E-state index is 5.67. The summed E-state index contributed by atoms with van der Waals surface area (Å²) >= 11 is -1.76. The summed E-state index contributed by atoms with van der Waals surface area (Å²) in [4.78, 5) is 11.2. The fraction of sp³-hybridized carbons (Fsp3) is 0. The van der Waals surface area contributed by atoms with Crippen molar-refractivity contribution in [2.45, 2.75) is 0 Å². The maximum absolute atomic E-state index is 5.67. The SMILES string of the molecule is c1ccc(-c2nc(-c3ccc(-n4c5ccccc5c5c6c(ccc54)sc4ccccc46)cc3)c3[c](n2)[Ge]([c]2ccccc2)([c]2ccccc2)[c]2ccccc2-3)cc1. The third kappa shape index (κ3) is 4.72. The summed E-state index contributed by atoms with van der Waals surface area (Å²) in [6.07, 6.45) is 0. The summed E-state index contributed by atoms with van der Waals surface area (Å²) in [5.74, 6) is 0.762. The molecule has 0 spiro atoms. The van der Waals surface area contributed by atoms with Gasteiger partial charge in [-0.15, -0.1) is 11.3 Å². The fourth-order valence-electron chi connectivity index (χ4n) is 9.52. The van der Waals surface area contributed by atoms with Crippen LogP contribution in [-0.2, 0) is 0 Å². The van der Waals surface area contributed by atoms with E-state index in [1.54, 1.807) is 0 Å². The number of nitrogens with zero attached hydrogens (tertiary/aromatic N) is 3. The van der Waals surface area contributed by atoms with E-state index in [2.05, 4.69) is 205 Å². The molecule has 5 heteroatoms. The van der Waals surface area contributed by atoms with Crippen molar-refractivity contribution in [2.24, 2.45) is 0 Å². The molecule has 0 atom stereocenters. The molecule has 57 heavy (non-hydrogen) atoms. The minimum absolute atomic E-state index is 0.762. The number of aromatic nitrogens is 3. The van der Waals surface area contributed by atoms with Crippen LogP contribution < -0.4 is 17.7 Å². The fourth-order valence-corrected chi connectivity index (χ4v) is 21.1. The minimum atomic E-state index is -3.64. The van der Waals surface area contributed by atoms with Crippen molar-refractivity contribution >= 4 is 84.3 Å². The van der Waals surface area contributed by atoms with Crippen LogP contribution in [0.1, 0.15) is 0 Å². The normalized spacial score (nSPS) is 13.1. The second kappa shape index (κ2) is 12.7. The second-order valence-corrected chi connectivity index (χ2v) is 23.6. The van der Waals surface area contributed by atoms with E-state index in [0.717, 1.165) is 33.9 Å². The van der Waals surface area contributed by atoms with E-state index in [9.17, 15) is 0 Å². The summed E-state index contributed by atoms with van der Waals surface area (Å²) in [7, 11) is 0. The molecule has 0 amide bonds. The molecule has 0 aliphatic carbocycles. The average Bonchev–Trinajstić information content (AvgIpc) is 3.93. The summed E-state index contributed by atoms with van der Waals surface area (Å²) in [5, 5.41) is 5.25. The van der Waals surface area contributed by atoms with Crippen molar-refractivity contribution in [3.05, 3.63) is 200 Å². The first-order chi connectivity index (χ1) is 28.3. The summed E-state index contributed by atoms with van der Waals surface area (Å²) in [6.45, 7) is 0. The van der Waals surface area contributed by atoms with Gasteiger partial charge in [0.25, 0.3) is 0 Å². The van der Waals surface area contributed by atoms with Crippen molar-refractivity contribution in [3.8, 4) is 39.5 Å². The molecule has 0 bridgehead atoms. The van der Waals surface area contributed by atoms with Gasteiger partial charge in [-0.1, -0.05) is 18.2 Å². The van der Waals surface area contributed by atoms with Gasteiger partial charge in [0.15, 0.2) is 0 Å². The second-order valence-electron chi connectivity index (χ2n) is 14.8. The molecule has 4 heterocycles. The Hall–Kier alpha value is -6.60. The Labute approximate surface area is 336 Å². The zero-order chi connectivity index (χ0) is 37.5. The van der Waals surface area contributed by atoms with Crippen LogP contribution in [0.25, 0.3) is 81.4 Å². The summed E-state index contributed by atoms with van der Waals surface area (Å²) < 4.78 is 10.4. The Morgan fingerprint density at radius 1 is 0.439 bits per heavy atom. The topological polar surface area (TPSA) is 30.7 Å². The Bertz CT molecular complexity index is 3300. The molecule has 1 aliphatic rings. The van der Waals surface area contributed by atoms with Crippen LogP contribution in [0.3, 0.4) is 0 Å². The van der Waals surface area contributed by atoms with E-state index < -0.39 is 13.3 Å².